The number of methoxy groups -OCH3 is 1. The molecule has 4 rings (SSSR count). The van der Waals surface area contributed by atoms with Crippen LogP contribution in [0.15, 0.2) is 30.5 Å². The SMILES string of the molecule is COCCCn1cc(CN(C(=O)[C@@H]2C[C@H](C(=O)NCC(C)C)CN(C(=O)OC(C)(C)C)C2)C2CC2)c2ccccc21. The van der Waals surface area contributed by atoms with Gasteiger partial charge in [-0.1, -0.05) is 32.0 Å². The largest absolute Gasteiger partial charge is 0.444 e. The van der Waals surface area contributed by atoms with E-state index in [9.17, 15) is 14.4 Å². The van der Waals surface area contributed by atoms with Gasteiger partial charge in [-0.25, -0.2) is 4.79 Å². The highest BCUT2D eigenvalue weighted by Crippen LogP contribution is 2.34. The van der Waals surface area contributed by atoms with Gasteiger partial charge in [-0.05, 0) is 64.0 Å². The van der Waals surface area contributed by atoms with Crippen LogP contribution in [0, 0.1) is 17.8 Å². The third-order valence-corrected chi connectivity index (χ3v) is 7.74. The Hall–Kier alpha value is -3.07. The van der Waals surface area contributed by atoms with Gasteiger partial charge >= 0.3 is 6.09 Å². The second-order valence-electron chi connectivity index (χ2n) is 13.1. The van der Waals surface area contributed by atoms with Gasteiger partial charge in [-0.3, -0.25) is 9.59 Å². The van der Waals surface area contributed by atoms with Crippen LogP contribution in [-0.2, 0) is 32.2 Å². The zero-order valence-corrected chi connectivity index (χ0v) is 25.7. The lowest BCUT2D eigenvalue weighted by Crippen LogP contribution is -2.53. The summed E-state index contributed by atoms with van der Waals surface area (Å²) < 4.78 is 13.2. The first kappa shape index (κ1) is 30.9. The Morgan fingerprint density at radius 2 is 1.80 bits per heavy atom. The molecule has 41 heavy (non-hydrogen) atoms. The number of amides is 3. The maximum Gasteiger partial charge on any atom is 0.410 e. The number of nitrogens with one attached hydrogen (secondary N) is 1. The zero-order chi connectivity index (χ0) is 29.7. The van der Waals surface area contributed by atoms with Crippen LogP contribution in [0.5, 0.6) is 0 Å². The van der Waals surface area contributed by atoms with E-state index in [4.69, 9.17) is 9.47 Å². The van der Waals surface area contributed by atoms with Gasteiger partial charge in [0.05, 0.1) is 11.8 Å². The van der Waals surface area contributed by atoms with Crippen molar-refractivity contribution < 1.29 is 23.9 Å². The molecule has 0 spiro atoms. The van der Waals surface area contributed by atoms with Crippen LogP contribution in [0.3, 0.4) is 0 Å². The summed E-state index contributed by atoms with van der Waals surface area (Å²) in [6.07, 6.45) is 4.96. The Kier molecular flexibility index (Phi) is 10.00. The number of benzene rings is 1. The first-order chi connectivity index (χ1) is 19.5. The molecule has 0 bridgehead atoms. The molecule has 2 aliphatic rings. The Labute approximate surface area is 244 Å². The van der Waals surface area contributed by atoms with E-state index in [2.05, 4.69) is 28.2 Å². The van der Waals surface area contributed by atoms with Crippen LogP contribution in [-0.4, -0.2) is 77.3 Å². The highest BCUT2D eigenvalue weighted by atomic mass is 16.6. The molecular formula is C32H48N4O5. The van der Waals surface area contributed by atoms with E-state index in [-0.39, 0.29) is 30.9 Å². The number of nitrogens with zero attached hydrogens (tertiary/aromatic N) is 3. The number of aryl methyl sites for hydroxylation is 1. The number of para-hydroxylation sites is 1. The van der Waals surface area contributed by atoms with Crippen molar-refractivity contribution in [2.75, 3.05) is 33.4 Å². The molecule has 2 fully saturated rings. The summed E-state index contributed by atoms with van der Waals surface area (Å²) in [7, 11) is 1.71. The maximum absolute atomic E-state index is 14.2. The van der Waals surface area contributed by atoms with Crippen LogP contribution in [0.1, 0.15) is 65.9 Å². The molecule has 0 unspecified atom stereocenters. The summed E-state index contributed by atoms with van der Waals surface area (Å²) in [5, 5.41) is 4.16. The number of carbonyl (C=O) groups excluding carboxylic acids is 3. The molecule has 226 valence electrons. The minimum absolute atomic E-state index is 0.0126. The van der Waals surface area contributed by atoms with Gasteiger partial charge in [0.1, 0.15) is 5.60 Å². The number of hydrogen-bond donors (Lipinski definition) is 1. The standard InChI is InChI=1S/C32H48N4O5/c1-22(2)17-33-29(37)23-16-24(19-35(18-23)31(39)41-32(3,4)5)30(38)36(26-12-13-26)21-25-20-34(14-9-15-40-6)28-11-8-7-10-27(25)28/h7-8,10-11,20,22-24,26H,9,12-19,21H2,1-6H3,(H,33,37)/t23-,24+/m0/s1. The number of likely N-dealkylation sites (tertiary alicyclic amines) is 1. The lowest BCUT2D eigenvalue weighted by Gasteiger charge is -2.39. The lowest BCUT2D eigenvalue weighted by molar-refractivity contribution is -0.140. The highest BCUT2D eigenvalue weighted by Gasteiger charge is 2.43. The normalized spacial score (nSPS) is 19.4. The fraction of sp³-hybridized carbons (Fsp3) is 0.656. The van der Waals surface area contributed by atoms with Gasteiger partial charge in [0.25, 0.3) is 0 Å². The van der Waals surface area contributed by atoms with Crippen LogP contribution in [0.25, 0.3) is 10.9 Å². The topological polar surface area (TPSA) is 93.1 Å². The molecule has 1 saturated carbocycles. The van der Waals surface area contributed by atoms with E-state index < -0.39 is 23.5 Å². The fourth-order valence-corrected chi connectivity index (χ4v) is 5.60. The summed E-state index contributed by atoms with van der Waals surface area (Å²) in [6.45, 7) is 12.7. The van der Waals surface area contributed by atoms with Crippen LogP contribution in [0.2, 0.25) is 0 Å². The summed E-state index contributed by atoms with van der Waals surface area (Å²) >= 11 is 0. The quantitative estimate of drug-likeness (QED) is 0.393. The summed E-state index contributed by atoms with van der Waals surface area (Å²) in [6, 6.07) is 8.50. The average Bonchev–Trinajstić information content (AvgIpc) is 3.71. The van der Waals surface area contributed by atoms with Gasteiger partial charge in [0.15, 0.2) is 0 Å². The number of rotatable bonds is 11. The number of aromatic nitrogens is 1. The van der Waals surface area contributed by atoms with E-state index in [1.165, 1.54) is 0 Å². The van der Waals surface area contributed by atoms with Crippen molar-refractivity contribution in [1.82, 2.24) is 19.7 Å². The number of hydrogen-bond acceptors (Lipinski definition) is 5. The van der Waals surface area contributed by atoms with Crippen molar-refractivity contribution in [2.45, 2.75) is 85.0 Å². The van der Waals surface area contributed by atoms with Crippen molar-refractivity contribution in [3.8, 4) is 0 Å². The van der Waals surface area contributed by atoms with Crippen molar-refractivity contribution in [1.29, 1.82) is 0 Å². The Morgan fingerprint density at radius 1 is 1.10 bits per heavy atom. The van der Waals surface area contributed by atoms with Crippen LogP contribution >= 0.6 is 0 Å². The van der Waals surface area contributed by atoms with Gasteiger partial charge in [0.2, 0.25) is 11.8 Å². The third-order valence-electron chi connectivity index (χ3n) is 7.74. The Morgan fingerprint density at radius 3 is 2.46 bits per heavy atom. The monoisotopic (exact) mass is 568 g/mol. The molecular weight excluding hydrogens is 520 g/mol. The van der Waals surface area contributed by atoms with Crippen molar-refractivity contribution in [3.63, 3.8) is 0 Å². The average molecular weight is 569 g/mol. The Bertz CT molecular complexity index is 1210. The molecule has 9 heteroatoms. The predicted molar refractivity (Wildman–Crippen MR) is 159 cm³/mol. The summed E-state index contributed by atoms with van der Waals surface area (Å²) in [4.78, 5) is 44.0. The molecule has 2 aromatic rings. The molecule has 1 N–H and O–H groups in total. The van der Waals surface area contributed by atoms with Gasteiger partial charge in [-0.15, -0.1) is 0 Å². The molecule has 1 saturated heterocycles. The minimum Gasteiger partial charge on any atom is -0.444 e. The number of fused-ring (bicyclic) bond motifs is 1. The van der Waals surface area contributed by atoms with Crippen molar-refractivity contribution >= 4 is 28.8 Å². The maximum atomic E-state index is 14.2. The second-order valence-corrected chi connectivity index (χ2v) is 13.1. The molecule has 9 nitrogen and oxygen atoms in total. The minimum atomic E-state index is -0.666. The van der Waals surface area contributed by atoms with Gasteiger partial charge in [0, 0.05) is 69.6 Å². The first-order valence-electron chi connectivity index (χ1n) is 15.1. The molecule has 2 heterocycles. The summed E-state index contributed by atoms with van der Waals surface area (Å²) in [5.74, 6) is -0.723. The third kappa shape index (κ3) is 8.24. The smallest absolute Gasteiger partial charge is 0.410 e. The van der Waals surface area contributed by atoms with E-state index >= 15 is 0 Å². The highest BCUT2D eigenvalue weighted by molar-refractivity contribution is 5.87. The van der Waals surface area contributed by atoms with Gasteiger partial charge < -0.3 is 29.2 Å². The molecule has 0 radical (unpaired) electrons. The van der Waals surface area contributed by atoms with Crippen molar-refractivity contribution in [3.05, 3.63) is 36.0 Å². The molecule has 3 amide bonds. The van der Waals surface area contributed by atoms with Gasteiger partial charge in [-0.2, -0.15) is 0 Å². The Balaban J connectivity index is 1.56. The summed E-state index contributed by atoms with van der Waals surface area (Å²) in [5.41, 5.74) is 1.60. The fourth-order valence-electron chi connectivity index (χ4n) is 5.60. The van der Waals surface area contributed by atoms with Crippen LogP contribution in [0.4, 0.5) is 4.79 Å². The van der Waals surface area contributed by atoms with E-state index in [0.29, 0.717) is 32.0 Å². The first-order valence-corrected chi connectivity index (χ1v) is 15.1. The molecule has 2 atom stereocenters. The molecule has 1 aromatic carbocycles. The predicted octanol–water partition coefficient (Wildman–Crippen LogP) is 4.81. The molecule has 1 aliphatic carbocycles. The number of ether oxygens (including phenoxy) is 2. The van der Waals surface area contributed by atoms with Crippen LogP contribution < -0.4 is 5.32 Å². The number of piperidine rings is 1. The zero-order valence-electron chi connectivity index (χ0n) is 25.7. The van der Waals surface area contributed by atoms with E-state index in [1.807, 2.05) is 51.7 Å². The van der Waals surface area contributed by atoms with E-state index in [0.717, 1.165) is 42.3 Å². The molecule has 1 aromatic heterocycles. The number of carbonyl (C=O) groups is 3. The molecule has 1 aliphatic heterocycles. The lowest BCUT2D eigenvalue weighted by atomic mass is 9.87. The van der Waals surface area contributed by atoms with Crippen molar-refractivity contribution in [2.24, 2.45) is 17.8 Å². The second kappa shape index (κ2) is 13.3. The van der Waals surface area contributed by atoms with E-state index in [1.54, 1.807) is 12.0 Å².